The number of aryl methyl sites for hydroxylation is 1. The molecular weight excluding hydrogens is 300 g/mol. The zero-order valence-electron chi connectivity index (χ0n) is 13.4. The standard InChI is InChI=1S/C17H26N2O2.ClH/c1-17(2,11-10-13-6-4-3-5-7-13)19-16(20)15-9-8-14(12-18)21-15;/h3-7,14-15H,8-12,18H2,1-2H3,(H,19,20);1H/t14-,15+;/m1./s1. The molecule has 3 N–H and O–H groups in total. The Morgan fingerprint density at radius 1 is 1.32 bits per heavy atom. The van der Waals surface area contributed by atoms with Crippen molar-refractivity contribution in [2.24, 2.45) is 5.73 Å². The first-order valence-electron chi connectivity index (χ1n) is 7.71. The molecule has 5 heteroatoms. The summed E-state index contributed by atoms with van der Waals surface area (Å²) in [6.45, 7) is 4.60. The molecule has 0 unspecified atom stereocenters. The van der Waals surface area contributed by atoms with Crippen LogP contribution in [0.1, 0.15) is 38.7 Å². The Bertz CT molecular complexity index is 465. The highest BCUT2D eigenvalue weighted by molar-refractivity contribution is 5.85. The molecule has 1 amide bonds. The number of hydrogen-bond acceptors (Lipinski definition) is 3. The molecule has 2 rings (SSSR count). The monoisotopic (exact) mass is 326 g/mol. The number of amides is 1. The van der Waals surface area contributed by atoms with Gasteiger partial charge in [-0.05, 0) is 45.1 Å². The van der Waals surface area contributed by atoms with E-state index < -0.39 is 0 Å². The highest BCUT2D eigenvalue weighted by Gasteiger charge is 2.32. The third kappa shape index (κ3) is 5.59. The maximum Gasteiger partial charge on any atom is 0.249 e. The van der Waals surface area contributed by atoms with Crippen molar-refractivity contribution in [3.05, 3.63) is 35.9 Å². The van der Waals surface area contributed by atoms with Crippen LogP contribution in [0.15, 0.2) is 30.3 Å². The predicted molar refractivity (Wildman–Crippen MR) is 91.2 cm³/mol. The lowest BCUT2D eigenvalue weighted by molar-refractivity contribution is -0.133. The molecule has 124 valence electrons. The molecular formula is C17H27ClN2O2. The highest BCUT2D eigenvalue weighted by atomic mass is 35.5. The first-order chi connectivity index (χ1) is 10.00. The maximum absolute atomic E-state index is 12.3. The molecule has 4 nitrogen and oxygen atoms in total. The van der Waals surface area contributed by atoms with Gasteiger partial charge in [-0.3, -0.25) is 4.79 Å². The number of carbonyl (C=O) groups is 1. The summed E-state index contributed by atoms with van der Waals surface area (Å²) in [7, 11) is 0. The van der Waals surface area contributed by atoms with Crippen molar-refractivity contribution in [3.63, 3.8) is 0 Å². The number of nitrogens with two attached hydrogens (primary N) is 1. The minimum absolute atomic E-state index is 0. The average Bonchev–Trinajstić information content (AvgIpc) is 2.95. The van der Waals surface area contributed by atoms with Crippen LogP contribution in [0.25, 0.3) is 0 Å². The Hall–Kier alpha value is -1.10. The molecule has 1 saturated heterocycles. The summed E-state index contributed by atoms with van der Waals surface area (Å²) in [6.07, 6.45) is 3.19. The number of halogens is 1. The minimum atomic E-state index is -0.338. The summed E-state index contributed by atoms with van der Waals surface area (Å²) in [4.78, 5) is 12.3. The zero-order valence-corrected chi connectivity index (χ0v) is 14.2. The van der Waals surface area contributed by atoms with E-state index in [9.17, 15) is 4.79 Å². The third-order valence-corrected chi connectivity index (χ3v) is 4.01. The Morgan fingerprint density at radius 2 is 2.00 bits per heavy atom. The molecule has 1 aliphatic rings. The van der Waals surface area contributed by atoms with E-state index in [1.165, 1.54) is 5.56 Å². The second-order valence-electron chi connectivity index (χ2n) is 6.42. The van der Waals surface area contributed by atoms with Gasteiger partial charge in [0.25, 0.3) is 0 Å². The fourth-order valence-electron chi connectivity index (χ4n) is 2.65. The van der Waals surface area contributed by atoms with Crippen LogP contribution < -0.4 is 11.1 Å². The summed E-state index contributed by atoms with van der Waals surface area (Å²) >= 11 is 0. The Labute approximate surface area is 139 Å². The van der Waals surface area contributed by atoms with Crippen molar-refractivity contribution in [2.75, 3.05) is 6.54 Å². The second-order valence-corrected chi connectivity index (χ2v) is 6.42. The van der Waals surface area contributed by atoms with Gasteiger partial charge >= 0.3 is 0 Å². The number of ether oxygens (including phenoxy) is 1. The van der Waals surface area contributed by atoms with E-state index in [2.05, 4.69) is 31.3 Å². The normalized spacial score (nSPS) is 21.2. The molecule has 1 heterocycles. The minimum Gasteiger partial charge on any atom is -0.364 e. The van der Waals surface area contributed by atoms with Crippen LogP contribution in [0, 0.1) is 0 Å². The molecule has 0 spiro atoms. The van der Waals surface area contributed by atoms with E-state index in [0.29, 0.717) is 6.54 Å². The molecule has 22 heavy (non-hydrogen) atoms. The van der Waals surface area contributed by atoms with Crippen LogP contribution in [-0.2, 0) is 16.0 Å². The maximum atomic E-state index is 12.3. The Balaban J connectivity index is 0.00000242. The summed E-state index contributed by atoms with van der Waals surface area (Å²) in [6, 6.07) is 10.3. The molecule has 1 aliphatic heterocycles. The second kappa shape index (κ2) is 8.51. The van der Waals surface area contributed by atoms with E-state index >= 15 is 0 Å². The number of nitrogens with one attached hydrogen (secondary N) is 1. The number of rotatable bonds is 6. The first kappa shape index (κ1) is 18.9. The lowest BCUT2D eigenvalue weighted by Crippen LogP contribution is -2.48. The summed E-state index contributed by atoms with van der Waals surface area (Å²) < 4.78 is 5.64. The fraction of sp³-hybridized carbons (Fsp3) is 0.588. The van der Waals surface area contributed by atoms with Crippen molar-refractivity contribution in [1.29, 1.82) is 0 Å². The zero-order chi connectivity index (χ0) is 15.3. The van der Waals surface area contributed by atoms with Gasteiger partial charge in [-0.15, -0.1) is 12.4 Å². The molecule has 0 saturated carbocycles. The van der Waals surface area contributed by atoms with Gasteiger partial charge in [-0.25, -0.2) is 0 Å². The number of hydrogen-bond donors (Lipinski definition) is 2. The molecule has 0 aliphatic carbocycles. The van der Waals surface area contributed by atoms with Crippen LogP contribution in [0.2, 0.25) is 0 Å². The van der Waals surface area contributed by atoms with Crippen molar-refractivity contribution < 1.29 is 9.53 Å². The summed E-state index contributed by atoms with van der Waals surface area (Å²) in [5, 5.41) is 3.11. The smallest absolute Gasteiger partial charge is 0.249 e. The fourth-order valence-corrected chi connectivity index (χ4v) is 2.65. The Morgan fingerprint density at radius 3 is 2.59 bits per heavy atom. The van der Waals surface area contributed by atoms with Gasteiger partial charge in [0.05, 0.1) is 6.10 Å². The van der Waals surface area contributed by atoms with Crippen LogP contribution in [-0.4, -0.2) is 30.2 Å². The topological polar surface area (TPSA) is 64.4 Å². The van der Waals surface area contributed by atoms with Gasteiger partial charge in [0.15, 0.2) is 0 Å². The van der Waals surface area contributed by atoms with Gasteiger partial charge in [0, 0.05) is 12.1 Å². The van der Waals surface area contributed by atoms with Crippen LogP contribution in [0.4, 0.5) is 0 Å². The van der Waals surface area contributed by atoms with Gasteiger partial charge in [-0.1, -0.05) is 30.3 Å². The lowest BCUT2D eigenvalue weighted by atomic mass is 9.95. The SMILES string of the molecule is CC(C)(CCc1ccccc1)NC(=O)[C@@H]1CC[C@H](CN)O1.Cl. The van der Waals surface area contributed by atoms with Crippen LogP contribution >= 0.6 is 12.4 Å². The number of benzene rings is 1. The summed E-state index contributed by atoms with van der Waals surface area (Å²) in [5.74, 6) is -0.0102. The summed E-state index contributed by atoms with van der Waals surface area (Å²) in [5.41, 5.74) is 6.63. The van der Waals surface area contributed by atoms with E-state index in [-0.39, 0.29) is 36.1 Å². The van der Waals surface area contributed by atoms with Crippen molar-refractivity contribution in [1.82, 2.24) is 5.32 Å². The molecule has 2 atom stereocenters. The Kier molecular flexibility index (Phi) is 7.33. The molecule has 0 aromatic heterocycles. The molecule has 1 aromatic rings. The van der Waals surface area contributed by atoms with Gasteiger partial charge < -0.3 is 15.8 Å². The van der Waals surface area contributed by atoms with E-state index in [4.69, 9.17) is 10.5 Å². The average molecular weight is 327 g/mol. The largest absolute Gasteiger partial charge is 0.364 e. The van der Waals surface area contributed by atoms with Gasteiger partial charge in [0.1, 0.15) is 6.10 Å². The van der Waals surface area contributed by atoms with E-state index in [1.807, 2.05) is 18.2 Å². The van der Waals surface area contributed by atoms with Gasteiger partial charge in [0.2, 0.25) is 5.91 Å². The van der Waals surface area contributed by atoms with Gasteiger partial charge in [-0.2, -0.15) is 0 Å². The van der Waals surface area contributed by atoms with Crippen molar-refractivity contribution in [2.45, 2.75) is 57.3 Å². The molecule has 0 radical (unpaired) electrons. The lowest BCUT2D eigenvalue weighted by Gasteiger charge is -2.28. The molecule has 0 bridgehead atoms. The number of carbonyl (C=O) groups excluding carboxylic acids is 1. The molecule has 1 fully saturated rings. The van der Waals surface area contributed by atoms with Crippen molar-refractivity contribution in [3.8, 4) is 0 Å². The quantitative estimate of drug-likeness (QED) is 0.844. The third-order valence-electron chi connectivity index (χ3n) is 4.01. The van der Waals surface area contributed by atoms with Crippen LogP contribution in [0.3, 0.4) is 0 Å². The van der Waals surface area contributed by atoms with E-state index in [0.717, 1.165) is 25.7 Å². The first-order valence-corrected chi connectivity index (χ1v) is 7.71. The molecule has 1 aromatic carbocycles. The highest BCUT2D eigenvalue weighted by Crippen LogP contribution is 2.21. The van der Waals surface area contributed by atoms with Crippen molar-refractivity contribution >= 4 is 18.3 Å². The van der Waals surface area contributed by atoms with E-state index in [1.54, 1.807) is 0 Å². The predicted octanol–water partition coefficient (Wildman–Crippen LogP) is 2.44. The van der Waals surface area contributed by atoms with Crippen LogP contribution in [0.5, 0.6) is 0 Å².